The Balaban J connectivity index is 1.92. The molecule has 1 aliphatic heterocycles. The number of nitrogens with zero attached hydrogens (tertiary/aromatic N) is 2. The molecule has 1 saturated heterocycles. The van der Waals surface area contributed by atoms with Crippen LogP contribution in [0.1, 0.15) is 36.7 Å². The second-order valence-electron chi connectivity index (χ2n) is 7.11. The highest BCUT2D eigenvalue weighted by molar-refractivity contribution is 6.03. The maximum Gasteiger partial charge on any atom is 0.251 e. The molecule has 2 rings (SSSR count). The molecule has 0 unspecified atom stereocenters. The number of rotatable bonds is 3. The summed E-state index contributed by atoms with van der Waals surface area (Å²) in [5, 5.41) is 2.53. The average Bonchev–Trinajstić information content (AvgIpc) is 2.56. The van der Waals surface area contributed by atoms with Gasteiger partial charge in [-0.05, 0) is 23.1 Å². The number of carbonyl (C=O) groups excluding carboxylic acids is 4. The van der Waals surface area contributed by atoms with Crippen LogP contribution in [0.3, 0.4) is 0 Å². The van der Waals surface area contributed by atoms with E-state index in [0.29, 0.717) is 5.56 Å². The van der Waals surface area contributed by atoms with E-state index in [2.05, 4.69) is 26.1 Å². The summed E-state index contributed by atoms with van der Waals surface area (Å²) in [6, 6.07) is 7.19. The predicted octanol–water partition coefficient (Wildman–Crippen LogP) is 0.541. The second kappa shape index (κ2) is 7.04. The van der Waals surface area contributed by atoms with Crippen LogP contribution in [0.25, 0.3) is 0 Å². The molecule has 1 N–H and O–H groups in total. The number of hydrogen-bond donors (Lipinski definition) is 1. The molecule has 0 aliphatic carbocycles. The third kappa shape index (κ3) is 4.43. The zero-order chi connectivity index (χ0) is 18.8. The lowest BCUT2D eigenvalue weighted by atomic mass is 9.87. The Bertz CT molecular complexity index is 686. The number of piperazine rings is 1. The van der Waals surface area contributed by atoms with Crippen molar-refractivity contribution >= 4 is 23.6 Å². The predicted molar refractivity (Wildman–Crippen MR) is 91.8 cm³/mol. The number of imide groups is 1. The van der Waals surface area contributed by atoms with Gasteiger partial charge in [0.25, 0.3) is 5.91 Å². The number of amides is 4. The van der Waals surface area contributed by atoms with Crippen LogP contribution in [0, 0.1) is 0 Å². The van der Waals surface area contributed by atoms with Crippen LogP contribution in [-0.4, -0.2) is 60.1 Å². The van der Waals surface area contributed by atoms with Gasteiger partial charge >= 0.3 is 0 Å². The largest absolute Gasteiger partial charge is 0.343 e. The minimum absolute atomic E-state index is 0.00846. The molecule has 1 heterocycles. The van der Waals surface area contributed by atoms with E-state index in [1.54, 1.807) is 12.1 Å². The number of likely N-dealkylation sites (N-methyl/N-ethyl adjacent to an activating group) is 1. The van der Waals surface area contributed by atoms with Crippen molar-refractivity contribution in [2.24, 2.45) is 0 Å². The molecule has 7 nitrogen and oxygen atoms in total. The SMILES string of the molecule is CN1C(=O)CN(C(=O)CNC(=O)c2ccc(C(C)(C)C)cc2)CC1=O. The Morgan fingerprint density at radius 1 is 1.04 bits per heavy atom. The summed E-state index contributed by atoms with van der Waals surface area (Å²) in [7, 11) is 1.38. The summed E-state index contributed by atoms with van der Waals surface area (Å²) in [6.07, 6.45) is 0. The molecule has 1 aliphatic rings. The first-order valence-electron chi connectivity index (χ1n) is 8.05. The fourth-order valence-electron chi connectivity index (χ4n) is 2.40. The summed E-state index contributed by atoms with van der Waals surface area (Å²) in [5.74, 6) is -1.71. The van der Waals surface area contributed by atoms with Gasteiger partial charge in [-0.3, -0.25) is 24.1 Å². The molecule has 25 heavy (non-hydrogen) atoms. The standard InChI is InChI=1S/C18H23N3O4/c1-18(2,3)13-7-5-12(6-8-13)17(25)19-9-14(22)21-10-15(23)20(4)16(24)11-21/h5-8H,9-11H2,1-4H3,(H,19,25). The van der Waals surface area contributed by atoms with Gasteiger partial charge in [0.1, 0.15) is 13.1 Å². The van der Waals surface area contributed by atoms with Crippen molar-refractivity contribution in [1.82, 2.24) is 15.1 Å². The topological polar surface area (TPSA) is 86.8 Å². The summed E-state index contributed by atoms with van der Waals surface area (Å²) in [4.78, 5) is 49.6. The zero-order valence-corrected chi connectivity index (χ0v) is 15.0. The lowest BCUT2D eigenvalue weighted by molar-refractivity contribution is -0.154. The lowest BCUT2D eigenvalue weighted by Gasteiger charge is -2.30. The third-order valence-electron chi connectivity index (χ3n) is 4.17. The van der Waals surface area contributed by atoms with E-state index in [9.17, 15) is 19.2 Å². The van der Waals surface area contributed by atoms with Gasteiger partial charge in [0, 0.05) is 12.6 Å². The first-order valence-corrected chi connectivity index (χ1v) is 8.05. The highest BCUT2D eigenvalue weighted by Gasteiger charge is 2.30. The van der Waals surface area contributed by atoms with Crippen molar-refractivity contribution in [3.63, 3.8) is 0 Å². The molecule has 0 bridgehead atoms. The summed E-state index contributed by atoms with van der Waals surface area (Å²) in [6.45, 7) is 5.68. The smallest absolute Gasteiger partial charge is 0.251 e. The first-order chi connectivity index (χ1) is 11.6. The molecule has 0 atom stereocenters. The van der Waals surface area contributed by atoms with Crippen LogP contribution in [0.15, 0.2) is 24.3 Å². The number of nitrogens with one attached hydrogen (secondary N) is 1. The fraction of sp³-hybridized carbons (Fsp3) is 0.444. The molecular formula is C18H23N3O4. The van der Waals surface area contributed by atoms with Crippen LogP contribution in [-0.2, 0) is 19.8 Å². The zero-order valence-electron chi connectivity index (χ0n) is 15.0. The van der Waals surface area contributed by atoms with Crippen molar-refractivity contribution < 1.29 is 19.2 Å². The van der Waals surface area contributed by atoms with Crippen molar-refractivity contribution in [1.29, 1.82) is 0 Å². The molecule has 7 heteroatoms. The molecule has 1 aromatic carbocycles. The maximum atomic E-state index is 12.1. The number of carbonyl (C=O) groups is 4. The van der Waals surface area contributed by atoms with Gasteiger partial charge < -0.3 is 10.2 Å². The van der Waals surface area contributed by atoms with E-state index in [1.807, 2.05) is 12.1 Å². The quantitative estimate of drug-likeness (QED) is 0.810. The van der Waals surface area contributed by atoms with E-state index >= 15 is 0 Å². The van der Waals surface area contributed by atoms with E-state index in [4.69, 9.17) is 0 Å². The minimum atomic E-state index is -0.463. The van der Waals surface area contributed by atoms with E-state index in [1.165, 1.54) is 7.05 Å². The Morgan fingerprint density at radius 3 is 2.04 bits per heavy atom. The summed E-state index contributed by atoms with van der Waals surface area (Å²) in [5.41, 5.74) is 1.55. The van der Waals surface area contributed by atoms with Crippen LogP contribution < -0.4 is 5.32 Å². The van der Waals surface area contributed by atoms with E-state index in [0.717, 1.165) is 15.4 Å². The number of hydrogen-bond acceptors (Lipinski definition) is 4. The van der Waals surface area contributed by atoms with Crippen LogP contribution in [0.5, 0.6) is 0 Å². The molecule has 0 radical (unpaired) electrons. The Hall–Kier alpha value is -2.70. The minimum Gasteiger partial charge on any atom is -0.343 e. The van der Waals surface area contributed by atoms with Crippen molar-refractivity contribution in [3.05, 3.63) is 35.4 Å². The van der Waals surface area contributed by atoms with E-state index < -0.39 is 17.7 Å². The highest BCUT2D eigenvalue weighted by Crippen LogP contribution is 2.22. The van der Waals surface area contributed by atoms with Crippen LogP contribution in [0.4, 0.5) is 0 Å². The van der Waals surface area contributed by atoms with Crippen LogP contribution in [0.2, 0.25) is 0 Å². The molecule has 0 spiro atoms. The molecule has 134 valence electrons. The van der Waals surface area contributed by atoms with Gasteiger partial charge in [0.15, 0.2) is 0 Å². The molecule has 4 amide bonds. The Kier molecular flexibility index (Phi) is 5.25. The summed E-state index contributed by atoms with van der Waals surface area (Å²) < 4.78 is 0. The second-order valence-corrected chi connectivity index (χ2v) is 7.11. The molecule has 0 saturated carbocycles. The van der Waals surface area contributed by atoms with Gasteiger partial charge in [0.05, 0.1) is 6.54 Å². The highest BCUT2D eigenvalue weighted by atomic mass is 16.2. The van der Waals surface area contributed by atoms with E-state index in [-0.39, 0.29) is 31.0 Å². The third-order valence-corrected chi connectivity index (χ3v) is 4.17. The average molecular weight is 345 g/mol. The Morgan fingerprint density at radius 2 is 1.56 bits per heavy atom. The first kappa shape index (κ1) is 18.6. The number of benzene rings is 1. The van der Waals surface area contributed by atoms with Gasteiger partial charge in [-0.15, -0.1) is 0 Å². The van der Waals surface area contributed by atoms with Gasteiger partial charge in [-0.2, -0.15) is 0 Å². The normalized spacial score (nSPS) is 15.4. The monoisotopic (exact) mass is 345 g/mol. The van der Waals surface area contributed by atoms with Gasteiger partial charge in [-0.25, -0.2) is 0 Å². The molecule has 1 fully saturated rings. The maximum absolute atomic E-state index is 12.1. The van der Waals surface area contributed by atoms with Crippen LogP contribution >= 0.6 is 0 Å². The Labute approximate surface area is 147 Å². The molecule has 0 aromatic heterocycles. The van der Waals surface area contributed by atoms with Crippen molar-refractivity contribution in [3.8, 4) is 0 Å². The molecule has 1 aromatic rings. The van der Waals surface area contributed by atoms with Crippen molar-refractivity contribution in [2.75, 3.05) is 26.7 Å². The van der Waals surface area contributed by atoms with Gasteiger partial charge in [0.2, 0.25) is 17.7 Å². The molecular weight excluding hydrogens is 322 g/mol. The van der Waals surface area contributed by atoms with Crippen molar-refractivity contribution in [2.45, 2.75) is 26.2 Å². The lowest BCUT2D eigenvalue weighted by Crippen LogP contribution is -2.55. The van der Waals surface area contributed by atoms with Gasteiger partial charge in [-0.1, -0.05) is 32.9 Å². The fourth-order valence-corrected chi connectivity index (χ4v) is 2.40. The summed E-state index contributed by atoms with van der Waals surface area (Å²) >= 11 is 0.